The van der Waals surface area contributed by atoms with Crippen LogP contribution in [0.5, 0.6) is 0 Å². The van der Waals surface area contributed by atoms with Crippen molar-refractivity contribution in [3.8, 4) is 11.8 Å². The molecule has 1 unspecified atom stereocenters. The molecule has 0 aliphatic carbocycles. The summed E-state index contributed by atoms with van der Waals surface area (Å²) >= 11 is 0. The smallest absolute Gasteiger partial charge is 0.409 e. The number of carbonyl (C=O) groups is 2. The number of carboxylic acids is 1. The Morgan fingerprint density at radius 1 is 1.15 bits per heavy atom. The van der Waals surface area contributed by atoms with Crippen LogP contribution in [0.2, 0.25) is 0 Å². The fourth-order valence-electron chi connectivity index (χ4n) is 1.84. The van der Waals surface area contributed by atoms with Crippen LogP contribution in [0.15, 0.2) is 41.9 Å². The van der Waals surface area contributed by atoms with Gasteiger partial charge >= 0.3 is 18.1 Å². The predicted molar refractivity (Wildman–Crippen MR) is 85.5 cm³/mol. The van der Waals surface area contributed by atoms with E-state index in [-0.39, 0.29) is 0 Å². The molecule has 0 bridgehead atoms. The molecule has 0 saturated carbocycles. The van der Waals surface area contributed by atoms with Gasteiger partial charge in [0.05, 0.1) is 6.10 Å². The maximum absolute atomic E-state index is 13.2. The molecule has 0 saturated heterocycles. The molecule has 0 spiro atoms. The Balaban J connectivity index is 3.59. The van der Waals surface area contributed by atoms with Gasteiger partial charge in [-0.3, -0.25) is 9.59 Å². The van der Waals surface area contributed by atoms with Gasteiger partial charge in [-0.25, -0.2) is 0 Å². The van der Waals surface area contributed by atoms with Crippen LogP contribution in [0.4, 0.5) is 13.2 Å². The number of rotatable bonds is 5. The molecule has 0 aromatic heterocycles. The zero-order chi connectivity index (χ0) is 19.9. The van der Waals surface area contributed by atoms with Crippen molar-refractivity contribution < 1.29 is 37.3 Å². The van der Waals surface area contributed by atoms with Crippen molar-refractivity contribution in [3.05, 3.63) is 47.4 Å². The third-order valence-corrected chi connectivity index (χ3v) is 2.76. The van der Waals surface area contributed by atoms with Crippen LogP contribution in [0, 0.1) is 17.8 Å². The van der Waals surface area contributed by atoms with Gasteiger partial charge in [-0.2, -0.15) is 13.2 Å². The van der Waals surface area contributed by atoms with E-state index in [0.29, 0.717) is 5.56 Å². The van der Waals surface area contributed by atoms with Crippen LogP contribution in [0.25, 0.3) is 0 Å². The first-order valence-electron chi connectivity index (χ1n) is 7.48. The van der Waals surface area contributed by atoms with E-state index in [1.165, 1.54) is 13.8 Å². The van der Waals surface area contributed by atoms with Crippen LogP contribution in [-0.4, -0.2) is 29.3 Å². The molecule has 1 rings (SSSR count). The lowest BCUT2D eigenvalue weighted by Gasteiger charge is -2.22. The minimum absolute atomic E-state index is 0.430. The number of ether oxygens (including phenoxy) is 2. The minimum atomic E-state index is -5.17. The highest BCUT2D eigenvalue weighted by Crippen LogP contribution is 2.35. The summed E-state index contributed by atoms with van der Waals surface area (Å²) in [7, 11) is 0. The topological polar surface area (TPSA) is 72.8 Å². The third kappa shape index (κ3) is 6.51. The van der Waals surface area contributed by atoms with Crippen molar-refractivity contribution in [3.63, 3.8) is 0 Å². The standard InChI is InChI=1S/C18H17F3O5/c1-11(2)25-16(15(17(23)24)18(19,20)21)14(26-12(3)22)10-9-13-7-5-4-6-8-13/h4-8,11,15H,1-3H3,(H,23,24)/b16-14-. The second-order valence-electron chi connectivity index (χ2n) is 5.38. The molecule has 140 valence electrons. The van der Waals surface area contributed by atoms with E-state index in [1.807, 2.05) is 0 Å². The lowest BCUT2D eigenvalue weighted by Crippen LogP contribution is -2.35. The Bertz CT molecular complexity index is 740. The molecule has 1 atom stereocenters. The summed E-state index contributed by atoms with van der Waals surface area (Å²) in [6.45, 7) is 3.77. The van der Waals surface area contributed by atoms with Crippen molar-refractivity contribution in [2.24, 2.45) is 5.92 Å². The van der Waals surface area contributed by atoms with Crippen LogP contribution >= 0.6 is 0 Å². The number of halogens is 3. The normalized spacial score (nSPS) is 13.2. The number of benzene rings is 1. The number of carbonyl (C=O) groups excluding carboxylic acids is 1. The first kappa shape index (κ1) is 21.1. The Morgan fingerprint density at radius 3 is 2.15 bits per heavy atom. The van der Waals surface area contributed by atoms with Crippen LogP contribution in [0.3, 0.4) is 0 Å². The van der Waals surface area contributed by atoms with Crippen LogP contribution < -0.4 is 0 Å². The molecule has 0 aliphatic rings. The molecule has 0 heterocycles. The number of carboxylic acid groups (broad SMARTS) is 1. The minimum Gasteiger partial charge on any atom is -0.489 e. The van der Waals surface area contributed by atoms with Gasteiger partial charge in [-0.05, 0) is 31.9 Å². The average Bonchev–Trinajstić information content (AvgIpc) is 2.49. The van der Waals surface area contributed by atoms with Crippen molar-refractivity contribution in [1.82, 2.24) is 0 Å². The largest absolute Gasteiger partial charge is 0.489 e. The number of aliphatic carboxylic acids is 1. The van der Waals surface area contributed by atoms with E-state index in [0.717, 1.165) is 6.92 Å². The molecule has 0 fully saturated rings. The number of hydrogen-bond donors (Lipinski definition) is 1. The Labute approximate surface area is 148 Å². The van der Waals surface area contributed by atoms with Gasteiger partial charge in [-0.15, -0.1) is 0 Å². The summed E-state index contributed by atoms with van der Waals surface area (Å²) in [5.74, 6) is -3.24. The molecule has 1 N–H and O–H groups in total. The molecule has 1 aromatic carbocycles. The number of alkyl halides is 3. The van der Waals surface area contributed by atoms with Gasteiger partial charge in [0.1, 0.15) is 0 Å². The molecule has 26 heavy (non-hydrogen) atoms. The fourth-order valence-corrected chi connectivity index (χ4v) is 1.84. The van der Waals surface area contributed by atoms with Gasteiger partial charge in [0.25, 0.3) is 0 Å². The summed E-state index contributed by atoms with van der Waals surface area (Å²) in [6, 6.07) is 8.19. The highest BCUT2D eigenvalue weighted by molar-refractivity contribution is 5.75. The second-order valence-corrected chi connectivity index (χ2v) is 5.38. The van der Waals surface area contributed by atoms with Crippen LogP contribution in [-0.2, 0) is 19.1 Å². The van der Waals surface area contributed by atoms with Crippen molar-refractivity contribution in [2.45, 2.75) is 33.1 Å². The SMILES string of the molecule is CC(=O)O/C(C#Cc1ccccc1)=C(\OC(C)C)C(C(=O)O)C(F)(F)F. The summed E-state index contributed by atoms with van der Waals surface area (Å²) < 4.78 is 49.5. The van der Waals surface area contributed by atoms with Crippen molar-refractivity contribution in [2.75, 3.05) is 0 Å². The Morgan fingerprint density at radius 2 is 1.73 bits per heavy atom. The lowest BCUT2D eigenvalue weighted by atomic mass is 10.1. The first-order chi connectivity index (χ1) is 12.0. The van der Waals surface area contributed by atoms with E-state index < -0.39 is 41.7 Å². The number of allylic oxidation sites excluding steroid dienone is 1. The number of esters is 1. The molecule has 8 heteroatoms. The van der Waals surface area contributed by atoms with Crippen LogP contribution in [0.1, 0.15) is 26.3 Å². The van der Waals surface area contributed by atoms with E-state index in [2.05, 4.69) is 11.8 Å². The maximum Gasteiger partial charge on any atom is 0.409 e. The summed E-state index contributed by atoms with van der Waals surface area (Å²) in [6.07, 6.45) is -5.98. The predicted octanol–water partition coefficient (Wildman–Crippen LogP) is 3.50. The summed E-state index contributed by atoms with van der Waals surface area (Å²) in [5, 5.41) is 9.04. The summed E-state index contributed by atoms with van der Waals surface area (Å²) in [5.41, 5.74) is 0.430. The molecule has 5 nitrogen and oxygen atoms in total. The molecule has 0 amide bonds. The molecule has 0 aliphatic heterocycles. The summed E-state index contributed by atoms with van der Waals surface area (Å²) in [4.78, 5) is 22.5. The van der Waals surface area contributed by atoms with E-state index in [1.54, 1.807) is 30.3 Å². The number of hydrogen-bond acceptors (Lipinski definition) is 4. The van der Waals surface area contributed by atoms with E-state index in [4.69, 9.17) is 14.6 Å². The van der Waals surface area contributed by atoms with E-state index >= 15 is 0 Å². The fraction of sp³-hybridized carbons (Fsp3) is 0.333. The molecular formula is C18H17F3O5. The van der Waals surface area contributed by atoms with Gasteiger partial charge < -0.3 is 14.6 Å². The quantitative estimate of drug-likeness (QED) is 0.488. The van der Waals surface area contributed by atoms with Gasteiger partial charge in [-0.1, -0.05) is 24.1 Å². The van der Waals surface area contributed by atoms with Crippen molar-refractivity contribution >= 4 is 11.9 Å². The highest BCUT2D eigenvalue weighted by Gasteiger charge is 2.51. The third-order valence-electron chi connectivity index (χ3n) is 2.76. The van der Waals surface area contributed by atoms with Gasteiger partial charge in [0.15, 0.2) is 5.76 Å². The second kappa shape index (κ2) is 8.94. The average molecular weight is 370 g/mol. The molecule has 0 radical (unpaired) electrons. The lowest BCUT2D eigenvalue weighted by molar-refractivity contribution is -0.194. The highest BCUT2D eigenvalue weighted by atomic mass is 19.4. The Hall–Kier alpha value is -2.95. The maximum atomic E-state index is 13.2. The van der Waals surface area contributed by atoms with E-state index in [9.17, 15) is 22.8 Å². The zero-order valence-electron chi connectivity index (χ0n) is 14.3. The Kier molecular flexibility index (Phi) is 7.26. The van der Waals surface area contributed by atoms with Crippen molar-refractivity contribution in [1.29, 1.82) is 0 Å². The van der Waals surface area contributed by atoms with Gasteiger partial charge in [0.2, 0.25) is 11.7 Å². The first-order valence-corrected chi connectivity index (χ1v) is 7.48. The zero-order valence-corrected chi connectivity index (χ0v) is 14.3. The molecular weight excluding hydrogens is 353 g/mol. The van der Waals surface area contributed by atoms with Gasteiger partial charge in [0, 0.05) is 12.5 Å². The molecule has 1 aromatic rings. The monoisotopic (exact) mass is 370 g/mol.